The molecule has 1 aliphatic carbocycles. The summed E-state index contributed by atoms with van der Waals surface area (Å²) in [6.45, 7) is 4.54. The molecule has 0 saturated carbocycles. The van der Waals surface area contributed by atoms with Crippen LogP contribution in [0.15, 0.2) is 102 Å². The zero-order chi connectivity index (χ0) is 19.3. The predicted molar refractivity (Wildman–Crippen MR) is 122 cm³/mol. The third kappa shape index (κ3) is 3.39. The highest BCUT2D eigenvalue weighted by molar-refractivity contribution is 6.07. The van der Waals surface area contributed by atoms with Gasteiger partial charge in [-0.05, 0) is 51.8 Å². The average molecular weight is 363 g/mol. The van der Waals surface area contributed by atoms with Gasteiger partial charge in [0.2, 0.25) is 0 Å². The van der Waals surface area contributed by atoms with E-state index in [1.807, 2.05) is 0 Å². The summed E-state index contributed by atoms with van der Waals surface area (Å²) in [6.07, 6.45) is 6.71. The molecule has 28 heavy (non-hydrogen) atoms. The molecule has 0 fully saturated rings. The Morgan fingerprint density at radius 2 is 1.21 bits per heavy atom. The molecule has 4 rings (SSSR count). The maximum Gasteiger partial charge on any atom is -0.00264 e. The van der Waals surface area contributed by atoms with E-state index in [0.717, 1.165) is 12.8 Å². The highest BCUT2D eigenvalue weighted by atomic mass is 14.3. The Labute approximate surface area is 168 Å². The van der Waals surface area contributed by atoms with Crippen molar-refractivity contribution in [2.24, 2.45) is 0 Å². The smallest absolute Gasteiger partial charge is 0.00264 e. The number of rotatable bonds is 5. The molecular weight excluding hydrogens is 336 g/mol. The van der Waals surface area contributed by atoms with Crippen molar-refractivity contribution >= 4 is 17.2 Å². The van der Waals surface area contributed by atoms with E-state index in [-0.39, 0.29) is 0 Å². The summed E-state index contributed by atoms with van der Waals surface area (Å²) in [5, 5.41) is 0. The van der Waals surface area contributed by atoms with Crippen LogP contribution in [0.4, 0.5) is 0 Å². The quantitative estimate of drug-likeness (QED) is 0.434. The number of hydrogen-bond acceptors (Lipinski definition) is 0. The van der Waals surface area contributed by atoms with Gasteiger partial charge < -0.3 is 0 Å². The van der Waals surface area contributed by atoms with Gasteiger partial charge in [-0.1, -0.05) is 117 Å². The Morgan fingerprint density at radius 1 is 0.643 bits per heavy atom. The molecule has 0 aromatic heterocycles. The Morgan fingerprint density at radius 3 is 1.86 bits per heavy atom. The Hall–Kier alpha value is -3.12. The Kier molecular flexibility index (Phi) is 5.39. The van der Waals surface area contributed by atoms with Crippen LogP contribution in [0, 0.1) is 0 Å². The van der Waals surface area contributed by atoms with Gasteiger partial charge in [0.25, 0.3) is 0 Å². The summed E-state index contributed by atoms with van der Waals surface area (Å²) in [6, 6.07) is 30.2. The van der Waals surface area contributed by atoms with Gasteiger partial charge in [-0.2, -0.15) is 0 Å². The zero-order valence-electron chi connectivity index (χ0n) is 16.7. The number of hydrogen-bond donors (Lipinski definition) is 0. The van der Waals surface area contributed by atoms with Gasteiger partial charge in [-0.15, -0.1) is 0 Å². The van der Waals surface area contributed by atoms with E-state index in [1.165, 1.54) is 44.5 Å². The van der Waals surface area contributed by atoms with Crippen LogP contribution in [0.3, 0.4) is 0 Å². The maximum absolute atomic E-state index is 2.32. The van der Waals surface area contributed by atoms with E-state index < -0.39 is 0 Å². The molecule has 0 atom stereocenters. The molecule has 138 valence electrons. The van der Waals surface area contributed by atoms with E-state index in [1.54, 1.807) is 0 Å². The molecule has 3 aromatic carbocycles. The fourth-order valence-electron chi connectivity index (χ4n) is 4.14. The third-order valence-corrected chi connectivity index (χ3v) is 5.52. The van der Waals surface area contributed by atoms with Crippen molar-refractivity contribution in [2.45, 2.75) is 26.7 Å². The minimum atomic E-state index is 1.07. The van der Waals surface area contributed by atoms with Gasteiger partial charge in [-0.3, -0.25) is 0 Å². The molecule has 0 heteroatoms. The SMILES string of the molecule is CCC(CC)=C1C(/C=C/c2ccccc2)=C(c2ccccc2)c2ccccc21. The van der Waals surface area contributed by atoms with Crippen molar-refractivity contribution in [1.82, 2.24) is 0 Å². The van der Waals surface area contributed by atoms with Crippen LogP contribution >= 0.6 is 0 Å². The third-order valence-electron chi connectivity index (χ3n) is 5.52. The molecule has 0 radical (unpaired) electrons. The molecule has 0 N–H and O–H groups in total. The second-order valence-electron chi connectivity index (χ2n) is 7.13. The number of benzene rings is 3. The molecule has 3 aromatic rings. The zero-order valence-corrected chi connectivity index (χ0v) is 16.7. The van der Waals surface area contributed by atoms with E-state index >= 15 is 0 Å². The lowest BCUT2D eigenvalue weighted by atomic mass is 9.93. The average Bonchev–Trinajstić information content (AvgIpc) is 3.09. The van der Waals surface area contributed by atoms with Crippen LogP contribution in [0.5, 0.6) is 0 Å². The van der Waals surface area contributed by atoms with Crippen molar-refractivity contribution < 1.29 is 0 Å². The summed E-state index contributed by atoms with van der Waals surface area (Å²) in [5.41, 5.74) is 10.9. The molecule has 0 aliphatic heterocycles. The number of fused-ring (bicyclic) bond motifs is 1. The van der Waals surface area contributed by atoms with Crippen LogP contribution in [0.1, 0.15) is 48.9 Å². The largest absolute Gasteiger partial charge is 0.0623 e. The van der Waals surface area contributed by atoms with Gasteiger partial charge in [0.05, 0.1) is 0 Å². The topological polar surface area (TPSA) is 0 Å². The molecule has 0 unspecified atom stereocenters. The van der Waals surface area contributed by atoms with Crippen molar-refractivity contribution in [3.05, 3.63) is 124 Å². The Bertz CT molecular complexity index is 1040. The lowest BCUT2D eigenvalue weighted by molar-refractivity contribution is 0.982. The fraction of sp³-hybridized carbons (Fsp3) is 0.143. The molecular formula is C28H26. The first kappa shape index (κ1) is 18.3. The Balaban J connectivity index is 1.99. The summed E-state index contributed by atoms with van der Waals surface area (Å²) in [5.74, 6) is 0. The summed E-state index contributed by atoms with van der Waals surface area (Å²) in [7, 11) is 0. The maximum atomic E-state index is 2.32. The second kappa shape index (κ2) is 8.27. The fourth-order valence-corrected chi connectivity index (χ4v) is 4.14. The molecule has 0 amide bonds. The second-order valence-corrected chi connectivity index (χ2v) is 7.13. The minimum Gasteiger partial charge on any atom is -0.0623 e. The lowest BCUT2D eigenvalue weighted by Gasteiger charge is -2.11. The number of allylic oxidation sites excluding steroid dienone is 4. The van der Waals surface area contributed by atoms with Crippen molar-refractivity contribution in [3.63, 3.8) is 0 Å². The monoisotopic (exact) mass is 362 g/mol. The van der Waals surface area contributed by atoms with Gasteiger partial charge in [0, 0.05) is 0 Å². The standard InChI is InChI=1S/C28H26/c1-3-22(4-2)27-24-17-11-12-18-25(24)28(23-15-9-6-10-16-23)26(27)20-19-21-13-7-5-8-14-21/h5-20H,3-4H2,1-2H3/b20-19+. The van der Waals surface area contributed by atoms with Crippen LogP contribution in [-0.2, 0) is 0 Å². The molecule has 0 saturated heterocycles. The highest BCUT2D eigenvalue weighted by Gasteiger charge is 2.27. The minimum absolute atomic E-state index is 1.07. The summed E-state index contributed by atoms with van der Waals surface area (Å²) < 4.78 is 0. The van der Waals surface area contributed by atoms with Gasteiger partial charge >= 0.3 is 0 Å². The van der Waals surface area contributed by atoms with Crippen LogP contribution in [0.2, 0.25) is 0 Å². The van der Waals surface area contributed by atoms with Crippen LogP contribution in [0.25, 0.3) is 17.2 Å². The van der Waals surface area contributed by atoms with E-state index in [0.29, 0.717) is 0 Å². The molecule has 0 spiro atoms. The first-order valence-corrected chi connectivity index (χ1v) is 10.2. The van der Waals surface area contributed by atoms with E-state index in [4.69, 9.17) is 0 Å². The van der Waals surface area contributed by atoms with Gasteiger partial charge in [-0.25, -0.2) is 0 Å². The lowest BCUT2D eigenvalue weighted by Crippen LogP contribution is -1.90. The van der Waals surface area contributed by atoms with Crippen molar-refractivity contribution in [3.8, 4) is 0 Å². The van der Waals surface area contributed by atoms with Gasteiger partial charge in [0.1, 0.15) is 0 Å². The molecule has 1 aliphatic rings. The van der Waals surface area contributed by atoms with Crippen LogP contribution < -0.4 is 0 Å². The first-order chi connectivity index (χ1) is 13.8. The molecule has 0 nitrogen and oxygen atoms in total. The summed E-state index contributed by atoms with van der Waals surface area (Å²) in [4.78, 5) is 0. The van der Waals surface area contributed by atoms with E-state index in [2.05, 4.69) is 111 Å². The predicted octanol–water partition coefficient (Wildman–Crippen LogP) is 7.79. The molecule has 0 bridgehead atoms. The van der Waals surface area contributed by atoms with Crippen molar-refractivity contribution in [1.29, 1.82) is 0 Å². The summed E-state index contributed by atoms with van der Waals surface area (Å²) >= 11 is 0. The normalized spacial score (nSPS) is 13.3. The van der Waals surface area contributed by atoms with Gasteiger partial charge in [0.15, 0.2) is 0 Å². The van der Waals surface area contributed by atoms with E-state index in [9.17, 15) is 0 Å². The highest BCUT2D eigenvalue weighted by Crippen LogP contribution is 2.47. The van der Waals surface area contributed by atoms with Crippen molar-refractivity contribution in [2.75, 3.05) is 0 Å². The first-order valence-electron chi connectivity index (χ1n) is 10.2. The molecule has 0 heterocycles. The van der Waals surface area contributed by atoms with Crippen LogP contribution in [-0.4, -0.2) is 0 Å².